The summed E-state index contributed by atoms with van der Waals surface area (Å²) in [6, 6.07) is 18.6. The van der Waals surface area contributed by atoms with Crippen LogP contribution in [0.4, 0.5) is 0 Å². The summed E-state index contributed by atoms with van der Waals surface area (Å²) in [6.07, 6.45) is 5.57. The standard InChI is InChI=1S/C24H30N2O2/c1-19(2)28-23-10-6-9-20(17-23)11-12-24(27)25-22-13-15-26(16-14-22)18-21-7-4-3-5-8-21/h3-12,17,19,22H,13-16,18H2,1-2H3,(H,25,27)/b12-11+. The third-order valence-electron chi connectivity index (χ3n) is 4.84. The maximum atomic E-state index is 12.3. The second-order valence-corrected chi connectivity index (χ2v) is 7.62. The van der Waals surface area contributed by atoms with Gasteiger partial charge in [-0.1, -0.05) is 42.5 Å². The van der Waals surface area contributed by atoms with Gasteiger partial charge in [0.15, 0.2) is 0 Å². The van der Waals surface area contributed by atoms with Gasteiger partial charge in [-0.05, 0) is 56.0 Å². The summed E-state index contributed by atoms with van der Waals surface area (Å²) in [5, 5.41) is 3.14. The first-order valence-corrected chi connectivity index (χ1v) is 10.1. The normalized spacial score (nSPS) is 15.8. The zero-order chi connectivity index (χ0) is 19.8. The fraction of sp³-hybridized carbons (Fsp3) is 0.375. The van der Waals surface area contributed by atoms with Crippen LogP contribution in [0.25, 0.3) is 6.08 Å². The second kappa shape index (κ2) is 10.1. The van der Waals surface area contributed by atoms with E-state index >= 15 is 0 Å². The number of carbonyl (C=O) groups is 1. The van der Waals surface area contributed by atoms with Gasteiger partial charge in [-0.3, -0.25) is 9.69 Å². The molecule has 2 aromatic rings. The smallest absolute Gasteiger partial charge is 0.244 e. The van der Waals surface area contributed by atoms with Crippen molar-refractivity contribution >= 4 is 12.0 Å². The van der Waals surface area contributed by atoms with Crippen LogP contribution < -0.4 is 10.1 Å². The highest BCUT2D eigenvalue weighted by molar-refractivity contribution is 5.91. The highest BCUT2D eigenvalue weighted by Gasteiger charge is 2.19. The summed E-state index contributed by atoms with van der Waals surface area (Å²) in [5.41, 5.74) is 2.31. The number of nitrogens with one attached hydrogen (secondary N) is 1. The van der Waals surface area contributed by atoms with E-state index in [1.54, 1.807) is 6.08 Å². The molecule has 4 heteroatoms. The molecule has 3 rings (SSSR count). The largest absolute Gasteiger partial charge is 0.491 e. The lowest BCUT2D eigenvalue weighted by Gasteiger charge is -2.32. The molecule has 0 radical (unpaired) electrons. The van der Waals surface area contributed by atoms with Gasteiger partial charge in [0.05, 0.1) is 6.10 Å². The number of carbonyl (C=O) groups excluding carboxylic acids is 1. The van der Waals surface area contributed by atoms with Crippen molar-refractivity contribution in [3.63, 3.8) is 0 Å². The summed E-state index contributed by atoms with van der Waals surface area (Å²) >= 11 is 0. The molecule has 0 aliphatic carbocycles. The Labute approximate surface area is 168 Å². The monoisotopic (exact) mass is 378 g/mol. The molecule has 28 heavy (non-hydrogen) atoms. The third-order valence-corrected chi connectivity index (χ3v) is 4.84. The van der Waals surface area contributed by atoms with E-state index in [-0.39, 0.29) is 18.1 Å². The minimum absolute atomic E-state index is 0.0308. The van der Waals surface area contributed by atoms with Gasteiger partial charge in [-0.25, -0.2) is 0 Å². The first-order chi connectivity index (χ1) is 13.6. The van der Waals surface area contributed by atoms with Gasteiger partial charge < -0.3 is 10.1 Å². The van der Waals surface area contributed by atoms with Crippen LogP contribution in [0.5, 0.6) is 5.75 Å². The Kier molecular flexibility index (Phi) is 7.26. The lowest BCUT2D eigenvalue weighted by Crippen LogP contribution is -2.43. The molecule has 0 atom stereocenters. The van der Waals surface area contributed by atoms with E-state index in [2.05, 4.69) is 34.5 Å². The molecule has 1 heterocycles. The van der Waals surface area contributed by atoms with Crippen molar-refractivity contribution in [1.82, 2.24) is 10.2 Å². The quantitative estimate of drug-likeness (QED) is 0.732. The number of benzene rings is 2. The molecule has 0 unspecified atom stereocenters. The molecular weight excluding hydrogens is 348 g/mol. The van der Waals surface area contributed by atoms with Crippen molar-refractivity contribution in [2.75, 3.05) is 13.1 Å². The van der Waals surface area contributed by atoms with E-state index in [4.69, 9.17) is 4.74 Å². The number of piperidine rings is 1. The Morgan fingerprint density at radius 3 is 2.61 bits per heavy atom. The minimum atomic E-state index is -0.0308. The minimum Gasteiger partial charge on any atom is -0.491 e. The van der Waals surface area contributed by atoms with E-state index in [0.717, 1.165) is 43.8 Å². The number of nitrogens with zero attached hydrogens (tertiary/aromatic N) is 1. The van der Waals surface area contributed by atoms with E-state index in [0.29, 0.717) is 0 Å². The van der Waals surface area contributed by atoms with E-state index in [9.17, 15) is 4.79 Å². The van der Waals surface area contributed by atoms with Crippen LogP contribution in [0.3, 0.4) is 0 Å². The summed E-state index contributed by atoms with van der Waals surface area (Å²) in [6.45, 7) is 7.01. The van der Waals surface area contributed by atoms with Crippen molar-refractivity contribution < 1.29 is 9.53 Å². The fourth-order valence-electron chi connectivity index (χ4n) is 3.46. The lowest BCUT2D eigenvalue weighted by atomic mass is 10.0. The van der Waals surface area contributed by atoms with Crippen LogP contribution in [0.1, 0.15) is 37.8 Å². The van der Waals surface area contributed by atoms with Crippen LogP contribution >= 0.6 is 0 Å². The van der Waals surface area contributed by atoms with Gasteiger partial charge in [-0.2, -0.15) is 0 Å². The van der Waals surface area contributed by atoms with Crippen molar-refractivity contribution in [1.29, 1.82) is 0 Å². The molecular formula is C24H30N2O2. The first kappa shape index (κ1) is 20.2. The van der Waals surface area contributed by atoms with Crippen LogP contribution in [-0.2, 0) is 11.3 Å². The molecule has 0 bridgehead atoms. The SMILES string of the molecule is CC(C)Oc1cccc(/C=C/C(=O)NC2CCN(Cc3ccccc3)CC2)c1. The third kappa shape index (κ3) is 6.54. The van der Waals surface area contributed by atoms with Crippen molar-refractivity contribution in [2.45, 2.75) is 45.4 Å². The molecule has 1 saturated heterocycles. The summed E-state index contributed by atoms with van der Waals surface area (Å²) < 4.78 is 5.70. The van der Waals surface area contributed by atoms with Crippen molar-refractivity contribution in [3.05, 3.63) is 71.8 Å². The number of rotatable bonds is 7. The molecule has 4 nitrogen and oxygen atoms in total. The van der Waals surface area contributed by atoms with Crippen LogP contribution in [0, 0.1) is 0 Å². The molecule has 1 aliphatic rings. The molecule has 148 valence electrons. The Hall–Kier alpha value is -2.59. The summed E-state index contributed by atoms with van der Waals surface area (Å²) in [4.78, 5) is 14.7. The van der Waals surface area contributed by atoms with Gasteiger partial charge in [0.2, 0.25) is 5.91 Å². The highest BCUT2D eigenvalue weighted by Crippen LogP contribution is 2.16. The zero-order valence-electron chi connectivity index (χ0n) is 16.8. The van der Waals surface area contributed by atoms with Gasteiger partial charge in [0, 0.05) is 31.8 Å². The maximum Gasteiger partial charge on any atom is 0.244 e. The molecule has 0 saturated carbocycles. The molecule has 1 fully saturated rings. The number of amides is 1. The van der Waals surface area contributed by atoms with Gasteiger partial charge in [-0.15, -0.1) is 0 Å². The van der Waals surface area contributed by atoms with Crippen LogP contribution in [0.15, 0.2) is 60.7 Å². The van der Waals surface area contributed by atoms with Crippen LogP contribution in [-0.4, -0.2) is 36.0 Å². The number of hydrogen-bond donors (Lipinski definition) is 1. The topological polar surface area (TPSA) is 41.6 Å². The molecule has 1 aliphatic heterocycles. The Morgan fingerprint density at radius 2 is 1.89 bits per heavy atom. The summed E-state index contributed by atoms with van der Waals surface area (Å²) in [5.74, 6) is 0.792. The van der Waals surface area contributed by atoms with E-state index in [1.807, 2.05) is 50.3 Å². The van der Waals surface area contributed by atoms with Crippen LogP contribution in [0.2, 0.25) is 0 Å². The molecule has 1 amide bonds. The molecule has 1 N–H and O–H groups in total. The molecule has 0 spiro atoms. The Balaban J connectivity index is 1.44. The Morgan fingerprint density at radius 1 is 1.14 bits per heavy atom. The van der Waals surface area contributed by atoms with Gasteiger partial charge in [0.25, 0.3) is 0 Å². The average molecular weight is 379 g/mol. The number of hydrogen-bond acceptors (Lipinski definition) is 3. The van der Waals surface area contributed by atoms with Gasteiger partial charge in [0.1, 0.15) is 5.75 Å². The first-order valence-electron chi connectivity index (χ1n) is 10.1. The second-order valence-electron chi connectivity index (χ2n) is 7.62. The molecule has 0 aromatic heterocycles. The zero-order valence-corrected chi connectivity index (χ0v) is 16.8. The lowest BCUT2D eigenvalue weighted by molar-refractivity contribution is -0.117. The fourth-order valence-corrected chi connectivity index (χ4v) is 3.46. The van der Waals surface area contributed by atoms with E-state index in [1.165, 1.54) is 5.56 Å². The number of ether oxygens (including phenoxy) is 1. The van der Waals surface area contributed by atoms with Crippen molar-refractivity contribution in [2.24, 2.45) is 0 Å². The predicted octanol–water partition coefficient (Wildman–Crippen LogP) is 4.27. The highest BCUT2D eigenvalue weighted by atomic mass is 16.5. The predicted molar refractivity (Wildman–Crippen MR) is 114 cm³/mol. The maximum absolute atomic E-state index is 12.3. The summed E-state index contributed by atoms with van der Waals surface area (Å²) in [7, 11) is 0. The van der Waals surface area contributed by atoms with Crippen molar-refractivity contribution in [3.8, 4) is 5.75 Å². The average Bonchev–Trinajstić information content (AvgIpc) is 2.69. The van der Waals surface area contributed by atoms with Gasteiger partial charge >= 0.3 is 0 Å². The molecule has 2 aromatic carbocycles. The Bertz CT molecular complexity index is 778. The van der Waals surface area contributed by atoms with E-state index < -0.39 is 0 Å². The number of likely N-dealkylation sites (tertiary alicyclic amines) is 1.